The quantitative estimate of drug-likeness (QED) is 0.907. The molecule has 0 radical (unpaired) electrons. The van der Waals surface area contributed by atoms with Gasteiger partial charge in [0.05, 0.1) is 18.4 Å². The third-order valence-corrected chi connectivity index (χ3v) is 3.04. The lowest BCUT2D eigenvalue weighted by molar-refractivity contribution is 0.414. The summed E-state index contributed by atoms with van der Waals surface area (Å²) in [6.07, 6.45) is 0. The fourth-order valence-corrected chi connectivity index (χ4v) is 1.94. The Morgan fingerprint density at radius 3 is 2.53 bits per heavy atom. The first kappa shape index (κ1) is 13.3. The Balaban J connectivity index is 2.34. The smallest absolute Gasteiger partial charge is 0.119 e. The second kappa shape index (κ2) is 5.64. The van der Waals surface area contributed by atoms with Crippen LogP contribution in [0.1, 0.15) is 11.1 Å². The van der Waals surface area contributed by atoms with Gasteiger partial charge in [-0.1, -0.05) is 11.6 Å². The number of nitrogens with zero attached hydrogens (tertiary/aromatic N) is 1. The molecule has 0 aliphatic carbocycles. The highest BCUT2D eigenvalue weighted by Crippen LogP contribution is 2.27. The predicted octanol–water partition coefficient (Wildman–Crippen LogP) is 4.27. The highest BCUT2D eigenvalue weighted by Gasteiger charge is 2.06. The van der Waals surface area contributed by atoms with Crippen LogP contribution in [0.2, 0.25) is 5.02 Å². The molecule has 0 saturated heterocycles. The number of methoxy groups -OCH3 is 1. The zero-order chi connectivity index (χ0) is 13.8. The average Bonchev–Trinajstić information content (AvgIpc) is 2.42. The highest BCUT2D eigenvalue weighted by molar-refractivity contribution is 6.30. The molecule has 0 heterocycles. The summed E-state index contributed by atoms with van der Waals surface area (Å²) in [5.74, 6) is 0.805. The molecule has 0 saturated carbocycles. The van der Waals surface area contributed by atoms with Crippen molar-refractivity contribution in [2.75, 3.05) is 12.4 Å². The minimum absolute atomic E-state index is 0.516. The van der Waals surface area contributed by atoms with Crippen molar-refractivity contribution < 1.29 is 4.74 Å². The SMILES string of the molecule is COc1ccc(Nc2ccc(Cl)cc2C#N)c(C)c1. The first-order chi connectivity index (χ1) is 9.13. The Labute approximate surface area is 117 Å². The Hall–Kier alpha value is -2.18. The lowest BCUT2D eigenvalue weighted by Crippen LogP contribution is -1.96. The summed E-state index contributed by atoms with van der Waals surface area (Å²) in [6, 6.07) is 13.0. The standard InChI is InChI=1S/C15H13ClN2O/c1-10-7-13(19-2)4-6-14(10)18-15-5-3-12(16)8-11(15)9-17/h3-8,18H,1-2H3. The summed E-state index contributed by atoms with van der Waals surface area (Å²) in [5.41, 5.74) is 3.22. The molecule has 19 heavy (non-hydrogen) atoms. The van der Waals surface area contributed by atoms with Gasteiger partial charge >= 0.3 is 0 Å². The first-order valence-corrected chi connectivity index (χ1v) is 6.13. The van der Waals surface area contributed by atoms with Gasteiger partial charge in [-0.2, -0.15) is 5.26 Å². The lowest BCUT2D eigenvalue weighted by atomic mass is 10.1. The Bertz CT molecular complexity index is 647. The van der Waals surface area contributed by atoms with Gasteiger partial charge in [0.25, 0.3) is 0 Å². The Morgan fingerprint density at radius 2 is 1.89 bits per heavy atom. The number of hydrogen-bond donors (Lipinski definition) is 1. The summed E-state index contributed by atoms with van der Waals surface area (Å²) < 4.78 is 5.16. The van der Waals surface area contributed by atoms with Crippen LogP contribution in [0.15, 0.2) is 36.4 Å². The third-order valence-electron chi connectivity index (χ3n) is 2.80. The van der Waals surface area contributed by atoms with E-state index in [1.165, 1.54) is 0 Å². The monoisotopic (exact) mass is 272 g/mol. The fraction of sp³-hybridized carbons (Fsp3) is 0.133. The molecule has 0 fully saturated rings. The van der Waals surface area contributed by atoms with Crippen molar-refractivity contribution in [2.45, 2.75) is 6.92 Å². The molecule has 3 nitrogen and oxygen atoms in total. The molecule has 2 aromatic carbocycles. The molecule has 0 amide bonds. The van der Waals surface area contributed by atoms with Crippen LogP contribution in [-0.2, 0) is 0 Å². The normalized spacial score (nSPS) is 9.79. The maximum atomic E-state index is 9.10. The van der Waals surface area contributed by atoms with E-state index in [-0.39, 0.29) is 0 Å². The number of anilines is 2. The molecular weight excluding hydrogens is 260 g/mol. The second-order valence-corrected chi connectivity index (χ2v) is 4.54. The van der Waals surface area contributed by atoms with Gasteiger partial charge in [0, 0.05) is 10.7 Å². The summed E-state index contributed by atoms with van der Waals surface area (Å²) >= 11 is 5.87. The summed E-state index contributed by atoms with van der Waals surface area (Å²) in [7, 11) is 1.63. The van der Waals surface area contributed by atoms with Crippen molar-refractivity contribution in [3.8, 4) is 11.8 Å². The van der Waals surface area contributed by atoms with Crippen LogP contribution in [0.25, 0.3) is 0 Å². The molecule has 0 unspecified atom stereocenters. The van der Waals surface area contributed by atoms with E-state index in [0.717, 1.165) is 22.7 Å². The van der Waals surface area contributed by atoms with Gasteiger partial charge in [-0.3, -0.25) is 0 Å². The second-order valence-electron chi connectivity index (χ2n) is 4.11. The zero-order valence-electron chi connectivity index (χ0n) is 10.7. The number of ether oxygens (including phenoxy) is 1. The molecule has 4 heteroatoms. The number of nitriles is 1. The third kappa shape index (κ3) is 2.98. The van der Waals surface area contributed by atoms with Crippen LogP contribution in [0, 0.1) is 18.3 Å². The molecule has 0 aliphatic heterocycles. The van der Waals surface area contributed by atoms with E-state index >= 15 is 0 Å². The molecule has 0 atom stereocenters. The van der Waals surface area contributed by atoms with Gasteiger partial charge in [0.1, 0.15) is 11.8 Å². The van der Waals surface area contributed by atoms with Crippen LogP contribution >= 0.6 is 11.6 Å². The van der Waals surface area contributed by atoms with Crippen molar-refractivity contribution >= 4 is 23.0 Å². The molecule has 0 aliphatic rings. The van der Waals surface area contributed by atoms with Gasteiger partial charge in [-0.25, -0.2) is 0 Å². The molecule has 2 rings (SSSR count). The molecule has 0 aromatic heterocycles. The minimum Gasteiger partial charge on any atom is -0.497 e. The Kier molecular flexibility index (Phi) is 3.94. The molecule has 96 valence electrons. The van der Waals surface area contributed by atoms with Crippen LogP contribution in [0.3, 0.4) is 0 Å². The molecule has 2 aromatic rings. The molecule has 0 spiro atoms. The van der Waals surface area contributed by atoms with E-state index in [9.17, 15) is 0 Å². The molecular formula is C15H13ClN2O. The van der Waals surface area contributed by atoms with Crippen molar-refractivity contribution in [2.24, 2.45) is 0 Å². The number of nitrogens with one attached hydrogen (secondary N) is 1. The average molecular weight is 273 g/mol. The Morgan fingerprint density at radius 1 is 1.16 bits per heavy atom. The van der Waals surface area contributed by atoms with Gasteiger partial charge in [-0.05, 0) is 48.9 Å². The maximum absolute atomic E-state index is 9.10. The predicted molar refractivity (Wildman–Crippen MR) is 77.2 cm³/mol. The van der Waals surface area contributed by atoms with E-state index in [4.69, 9.17) is 21.6 Å². The van der Waals surface area contributed by atoms with Crippen molar-refractivity contribution in [3.05, 3.63) is 52.5 Å². The summed E-state index contributed by atoms with van der Waals surface area (Å²) in [6.45, 7) is 1.98. The number of benzene rings is 2. The fourth-order valence-electron chi connectivity index (χ4n) is 1.77. The van der Waals surface area contributed by atoms with E-state index in [1.807, 2.05) is 25.1 Å². The van der Waals surface area contributed by atoms with Crippen molar-refractivity contribution in [3.63, 3.8) is 0 Å². The van der Waals surface area contributed by atoms with Gasteiger partial charge < -0.3 is 10.1 Å². The van der Waals surface area contributed by atoms with Crippen LogP contribution in [-0.4, -0.2) is 7.11 Å². The minimum atomic E-state index is 0.516. The number of rotatable bonds is 3. The zero-order valence-corrected chi connectivity index (χ0v) is 11.5. The number of hydrogen-bond acceptors (Lipinski definition) is 3. The van der Waals surface area contributed by atoms with Crippen molar-refractivity contribution in [1.82, 2.24) is 0 Å². The summed E-state index contributed by atoms with van der Waals surface area (Å²) in [5, 5.41) is 12.9. The van der Waals surface area contributed by atoms with E-state index in [1.54, 1.807) is 25.3 Å². The molecule has 0 bridgehead atoms. The van der Waals surface area contributed by atoms with Crippen LogP contribution in [0.5, 0.6) is 5.75 Å². The molecule has 1 N–H and O–H groups in total. The van der Waals surface area contributed by atoms with Crippen molar-refractivity contribution in [1.29, 1.82) is 5.26 Å². The van der Waals surface area contributed by atoms with Gasteiger partial charge in [0.15, 0.2) is 0 Å². The first-order valence-electron chi connectivity index (χ1n) is 5.75. The topological polar surface area (TPSA) is 45.0 Å². The number of aryl methyl sites for hydroxylation is 1. The van der Waals surface area contributed by atoms with E-state index in [0.29, 0.717) is 10.6 Å². The van der Waals surface area contributed by atoms with E-state index in [2.05, 4.69) is 11.4 Å². The largest absolute Gasteiger partial charge is 0.497 e. The van der Waals surface area contributed by atoms with Crippen LogP contribution < -0.4 is 10.1 Å². The summed E-state index contributed by atoms with van der Waals surface area (Å²) in [4.78, 5) is 0. The maximum Gasteiger partial charge on any atom is 0.119 e. The lowest BCUT2D eigenvalue weighted by Gasteiger charge is -2.12. The van der Waals surface area contributed by atoms with Gasteiger partial charge in [0.2, 0.25) is 0 Å². The number of halogens is 1. The van der Waals surface area contributed by atoms with Crippen LogP contribution in [0.4, 0.5) is 11.4 Å². The van der Waals surface area contributed by atoms with Gasteiger partial charge in [-0.15, -0.1) is 0 Å². The highest BCUT2D eigenvalue weighted by atomic mass is 35.5. The van der Waals surface area contributed by atoms with E-state index < -0.39 is 0 Å².